The van der Waals surface area contributed by atoms with E-state index in [-0.39, 0.29) is 17.7 Å². The summed E-state index contributed by atoms with van der Waals surface area (Å²) in [5.41, 5.74) is 2.96. The molecule has 0 fully saturated rings. The third-order valence-electron chi connectivity index (χ3n) is 5.16. The van der Waals surface area contributed by atoms with Crippen LogP contribution >= 0.6 is 0 Å². The monoisotopic (exact) mass is 464 g/mol. The van der Waals surface area contributed by atoms with Crippen LogP contribution in [0.2, 0.25) is 0 Å². The number of rotatable bonds is 4. The smallest absolute Gasteiger partial charge is 0.410 e. The first-order chi connectivity index (χ1) is 16.2. The maximum Gasteiger partial charge on any atom is 0.410 e. The van der Waals surface area contributed by atoms with E-state index in [0.717, 1.165) is 5.57 Å². The summed E-state index contributed by atoms with van der Waals surface area (Å²) in [5.74, 6) is -0.0690. The van der Waals surface area contributed by atoms with Gasteiger partial charge in [0.05, 0.1) is 28.9 Å². The van der Waals surface area contributed by atoms with Gasteiger partial charge in [-0.3, -0.25) is 10.1 Å². The highest BCUT2D eigenvalue weighted by Gasteiger charge is 2.25. The number of carbonyl (C=O) groups is 1. The second kappa shape index (κ2) is 9.00. The molecule has 176 valence electrons. The van der Waals surface area contributed by atoms with Crippen LogP contribution in [0.4, 0.5) is 10.5 Å². The van der Waals surface area contributed by atoms with Crippen LogP contribution in [0.15, 0.2) is 36.8 Å². The van der Waals surface area contributed by atoms with Gasteiger partial charge in [-0.2, -0.15) is 0 Å². The van der Waals surface area contributed by atoms with Crippen molar-refractivity contribution in [2.45, 2.75) is 32.8 Å². The minimum atomic E-state index is -0.560. The quantitative estimate of drug-likeness (QED) is 0.414. The molecule has 0 radical (unpaired) electrons. The summed E-state index contributed by atoms with van der Waals surface area (Å²) in [6, 6.07) is 4.89. The van der Waals surface area contributed by atoms with Crippen LogP contribution in [0.1, 0.15) is 32.9 Å². The Kier molecular flexibility index (Phi) is 6.10. The summed E-state index contributed by atoms with van der Waals surface area (Å²) in [5, 5.41) is 11.4. The van der Waals surface area contributed by atoms with Crippen molar-refractivity contribution in [1.29, 1.82) is 0 Å². The molecule has 3 aromatic rings. The highest BCUT2D eigenvalue weighted by molar-refractivity contribution is 5.88. The van der Waals surface area contributed by atoms with Gasteiger partial charge in [-0.05, 0) is 44.9 Å². The van der Waals surface area contributed by atoms with Crippen LogP contribution in [0.25, 0.3) is 27.9 Å². The number of ether oxygens (including phenoxy) is 2. The Hall–Kier alpha value is -4.15. The number of fused-ring (bicyclic) bond motifs is 1. The maximum absolute atomic E-state index is 12.4. The Labute approximate surface area is 195 Å². The van der Waals surface area contributed by atoms with E-state index in [9.17, 15) is 14.9 Å². The minimum absolute atomic E-state index is 0.0690. The molecule has 0 bridgehead atoms. The van der Waals surface area contributed by atoms with Crippen LogP contribution in [0, 0.1) is 10.1 Å². The Morgan fingerprint density at radius 3 is 2.65 bits per heavy atom. The first-order valence-corrected chi connectivity index (χ1v) is 10.6. The van der Waals surface area contributed by atoms with E-state index in [2.05, 4.69) is 15.0 Å². The molecule has 0 aromatic carbocycles. The lowest BCUT2D eigenvalue weighted by Gasteiger charge is -2.29. The molecule has 0 saturated carbocycles. The lowest BCUT2D eigenvalue weighted by molar-refractivity contribution is -0.386. The molecule has 11 heteroatoms. The molecule has 4 heterocycles. The van der Waals surface area contributed by atoms with Gasteiger partial charge in [0, 0.05) is 30.9 Å². The molecule has 1 aliphatic heterocycles. The molecule has 34 heavy (non-hydrogen) atoms. The average Bonchev–Trinajstić information content (AvgIpc) is 2.82. The fraction of sp³-hybridized carbons (Fsp3) is 0.348. The molecule has 4 rings (SSSR count). The number of hydrogen-bond donors (Lipinski definition) is 0. The molecule has 0 aliphatic carbocycles. The van der Waals surface area contributed by atoms with Crippen molar-refractivity contribution < 1.29 is 19.2 Å². The lowest BCUT2D eigenvalue weighted by atomic mass is 10.0. The van der Waals surface area contributed by atoms with Crippen LogP contribution < -0.4 is 4.74 Å². The van der Waals surface area contributed by atoms with Gasteiger partial charge >= 0.3 is 11.8 Å². The summed E-state index contributed by atoms with van der Waals surface area (Å²) in [6.45, 7) is 6.38. The van der Waals surface area contributed by atoms with E-state index in [1.807, 2.05) is 26.8 Å². The number of amides is 1. The van der Waals surface area contributed by atoms with E-state index < -0.39 is 10.5 Å². The molecule has 1 aliphatic rings. The Balaban J connectivity index is 1.67. The van der Waals surface area contributed by atoms with Crippen LogP contribution in [0.3, 0.4) is 0 Å². The lowest BCUT2D eigenvalue weighted by Crippen LogP contribution is -2.39. The van der Waals surface area contributed by atoms with Gasteiger partial charge in [-0.25, -0.2) is 24.7 Å². The first-order valence-electron chi connectivity index (χ1n) is 10.6. The van der Waals surface area contributed by atoms with E-state index in [1.54, 1.807) is 17.0 Å². The van der Waals surface area contributed by atoms with Gasteiger partial charge in [-0.15, -0.1) is 0 Å². The van der Waals surface area contributed by atoms with Crippen LogP contribution in [0.5, 0.6) is 5.88 Å². The topological polar surface area (TPSA) is 133 Å². The van der Waals surface area contributed by atoms with Crippen molar-refractivity contribution in [3.05, 3.63) is 52.6 Å². The van der Waals surface area contributed by atoms with Gasteiger partial charge in [0.25, 0.3) is 5.88 Å². The zero-order valence-electron chi connectivity index (χ0n) is 19.3. The third kappa shape index (κ3) is 4.77. The molecule has 3 aromatic heterocycles. The van der Waals surface area contributed by atoms with E-state index in [0.29, 0.717) is 47.5 Å². The second-order valence-electron chi connectivity index (χ2n) is 8.70. The zero-order chi connectivity index (χ0) is 24.5. The van der Waals surface area contributed by atoms with E-state index in [4.69, 9.17) is 14.5 Å². The highest BCUT2D eigenvalue weighted by Crippen LogP contribution is 2.31. The molecular weight excluding hydrogens is 440 g/mol. The molecule has 0 atom stereocenters. The molecule has 0 spiro atoms. The fourth-order valence-corrected chi connectivity index (χ4v) is 3.58. The Bertz CT molecular complexity index is 1300. The summed E-state index contributed by atoms with van der Waals surface area (Å²) in [4.78, 5) is 42.3. The summed E-state index contributed by atoms with van der Waals surface area (Å²) >= 11 is 0. The highest BCUT2D eigenvalue weighted by atomic mass is 16.6. The Morgan fingerprint density at radius 2 is 2.00 bits per heavy atom. The molecule has 11 nitrogen and oxygen atoms in total. The van der Waals surface area contributed by atoms with E-state index in [1.165, 1.54) is 25.7 Å². The number of aromatic nitrogens is 4. The third-order valence-corrected chi connectivity index (χ3v) is 5.16. The molecule has 0 unspecified atom stereocenters. The number of methoxy groups -OCH3 is 1. The van der Waals surface area contributed by atoms with Crippen LogP contribution in [-0.2, 0) is 4.74 Å². The van der Waals surface area contributed by atoms with Gasteiger partial charge in [-0.1, -0.05) is 6.08 Å². The normalized spacial score (nSPS) is 14.0. The van der Waals surface area contributed by atoms with Gasteiger partial charge in [0.1, 0.15) is 17.4 Å². The van der Waals surface area contributed by atoms with Crippen LogP contribution in [-0.4, -0.2) is 61.7 Å². The first kappa shape index (κ1) is 23.0. The van der Waals surface area contributed by atoms with Gasteiger partial charge in [0.2, 0.25) is 0 Å². The summed E-state index contributed by atoms with van der Waals surface area (Å²) < 4.78 is 10.4. The number of pyridine rings is 2. The standard InChI is InChI=1S/C23H24N6O5/c1-23(2,3)34-22(30)28-9-7-14(8-10-28)19-20-17(25-13-26-19)6-5-16(27-20)15-11-18(29(31)32)21(33-4)24-12-15/h5-7,11-13H,8-10H2,1-4H3. The predicted molar refractivity (Wildman–Crippen MR) is 124 cm³/mol. The van der Waals surface area contributed by atoms with Crippen molar-refractivity contribution in [1.82, 2.24) is 24.8 Å². The van der Waals surface area contributed by atoms with Crippen molar-refractivity contribution in [3.63, 3.8) is 0 Å². The molecular formula is C23H24N6O5. The number of carbonyl (C=O) groups excluding carboxylic acids is 1. The largest absolute Gasteiger partial charge is 0.476 e. The summed E-state index contributed by atoms with van der Waals surface area (Å²) in [6.07, 6.45) is 5.10. The maximum atomic E-state index is 12.4. The molecule has 0 N–H and O–H groups in total. The van der Waals surface area contributed by atoms with Crippen molar-refractivity contribution in [2.75, 3.05) is 20.2 Å². The number of nitrogens with zero attached hydrogens (tertiary/aromatic N) is 6. The van der Waals surface area contributed by atoms with Crippen molar-refractivity contribution >= 4 is 28.4 Å². The average molecular weight is 464 g/mol. The fourth-order valence-electron chi connectivity index (χ4n) is 3.58. The van der Waals surface area contributed by atoms with E-state index >= 15 is 0 Å². The Morgan fingerprint density at radius 1 is 1.21 bits per heavy atom. The predicted octanol–water partition coefficient (Wildman–Crippen LogP) is 4.03. The summed E-state index contributed by atoms with van der Waals surface area (Å²) in [7, 11) is 1.33. The number of hydrogen-bond acceptors (Lipinski definition) is 9. The SMILES string of the molecule is COc1ncc(-c2ccc3ncnc(C4=CCN(C(=O)OC(C)(C)C)CC4)c3n2)cc1[N+](=O)[O-]. The van der Waals surface area contributed by atoms with Crippen molar-refractivity contribution in [2.24, 2.45) is 0 Å². The molecule has 0 saturated heterocycles. The second-order valence-corrected chi connectivity index (χ2v) is 8.70. The van der Waals surface area contributed by atoms with Gasteiger partial charge < -0.3 is 14.4 Å². The zero-order valence-corrected chi connectivity index (χ0v) is 19.3. The number of nitro groups is 1. The van der Waals surface area contributed by atoms with Crippen molar-refractivity contribution in [3.8, 4) is 17.1 Å². The van der Waals surface area contributed by atoms with Gasteiger partial charge in [0.15, 0.2) is 0 Å². The minimum Gasteiger partial charge on any atom is -0.476 e. The molecule has 1 amide bonds.